The lowest BCUT2D eigenvalue weighted by molar-refractivity contribution is -0.0449. The largest absolute Gasteiger partial charge is 0.512 e. The monoisotopic (exact) mass is 292 g/mol. The Morgan fingerprint density at radius 3 is 1.38 bits per heavy atom. The van der Waals surface area contributed by atoms with Gasteiger partial charge in [-0.2, -0.15) is 22.0 Å². The average molecular weight is 292 g/mol. The molecule has 0 aliphatic carbocycles. The number of nitrogens with one attached hydrogen (secondary N) is 2. The van der Waals surface area contributed by atoms with Crippen molar-refractivity contribution in [1.82, 2.24) is 9.66 Å². The van der Waals surface area contributed by atoms with Crippen molar-refractivity contribution in [2.75, 3.05) is 0 Å². The summed E-state index contributed by atoms with van der Waals surface area (Å²) in [6.07, 6.45) is 0. The van der Waals surface area contributed by atoms with E-state index in [1.165, 1.54) is 0 Å². The molecule has 6 nitrogen and oxygen atoms in total. The summed E-state index contributed by atoms with van der Waals surface area (Å²) in [7, 11) is -11.6. The smallest absolute Gasteiger partial charge is 0.205 e. The van der Waals surface area contributed by atoms with Crippen molar-refractivity contribution in [3.05, 3.63) is 0 Å². The van der Waals surface area contributed by atoms with E-state index in [0.717, 1.165) is 0 Å². The molecule has 0 heterocycles. The second-order valence-corrected chi connectivity index (χ2v) is 6.07. The van der Waals surface area contributed by atoms with Crippen LogP contribution in [0.1, 0.15) is 6.92 Å². The van der Waals surface area contributed by atoms with Gasteiger partial charge in [0.05, 0.1) is 0 Å². The molecule has 16 heavy (non-hydrogen) atoms. The van der Waals surface area contributed by atoms with Gasteiger partial charge in [-0.25, -0.2) is 16.8 Å². The molecule has 0 aliphatic heterocycles. The van der Waals surface area contributed by atoms with Crippen LogP contribution in [0.4, 0.5) is 22.0 Å². The fourth-order valence-electron chi connectivity index (χ4n) is 0.257. The number of rotatable bonds is 4. The third-order valence-corrected chi connectivity index (χ3v) is 3.51. The first kappa shape index (κ1) is 15.5. The maximum absolute atomic E-state index is 12.2. The molecule has 0 unspecified atom stereocenters. The molecule has 0 rings (SSSR count). The topological polar surface area (TPSA) is 92.3 Å². The van der Waals surface area contributed by atoms with Crippen molar-refractivity contribution in [2.45, 2.75) is 17.7 Å². The molecular formula is C3H5F5N2O4S2. The molecular weight excluding hydrogens is 287 g/mol. The van der Waals surface area contributed by atoms with Gasteiger partial charge in [0.25, 0.3) is 10.0 Å². The predicted octanol–water partition coefficient (Wildman–Crippen LogP) is -0.127. The SMILES string of the molecule is CC(F)(F)S(=O)(=O)NNS(=O)(=O)C(F)(F)F. The number of hydrazine groups is 1. The lowest BCUT2D eigenvalue weighted by atomic mass is 10.9. The number of hydrogen-bond donors (Lipinski definition) is 2. The van der Waals surface area contributed by atoms with Gasteiger partial charge in [0.2, 0.25) is 0 Å². The fourth-order valence-corrected chi connectivity index (χ4v) is 1.43. The zero-order chi connectivity index (χ0) is 13.4. The van der Waals surface area contributed by atoms with Crippen LogP contribution in [0.2, 0.25) is 0 Å². The Morgan fingerprint density at radius 1 is 0.812 bits per heavy atom. The summed E-state index contributed by atoms with van der Waals surface area (Å²) in [5.41, 5.74) is -5.82. The summed E-state index contributed by atoms with van der Waals surface area (Å²) in [5, 5.41) is -4.44. The van der Waals surface area contributed by atoms with Crippen LogP contribution in [-0.4, -0.2) is 27.6 Å². The zero-order valence-electron chi connectivity index (χ0n) is 7.34. The van der Waals surface area contributed by atoms with E-state index in [1.54, 1.807) is 0 Å². The molecule has 0 atom stereocenters. The molecule has 13 heteroatoms. The van der Waals surface area contributed by atoms with Crippen LogP contribution < -0.4 is 9.66 Å². The van der Waals surface area contributed by atoms with Gasteiger partial charge in [-0.3, -0.25) is 0 Å². The van der Waals surface area contributed by atoms with Crippen molar-refractivity contribution in [1.29, 1.82) is 0 Å². The van der Waals surface area contributed by atoms with Gasteiger partial charge in [0.15, 0.2) is 0 Å². The Labute approximate surface area is 86.9 Å². The van der Waals surface area contributed by atoms with E-state index in [4.69, 9.17) is 0 Å². The Balaban J connectivity index is 4.88. The first-order valence-corrected chi connectivity index (χ1v) is 6.14. The molecule has 0 radical (unpaired) electrons. The summed E-state index contributed by atoms with van der Waals surface area (Å²) < 4.78 is 101. The molecule has 0 bridgehead atoms. The molecule has 0 aromatic rings. The minimum Gasteiger partial charge on any atom is -0.205 e. The van der Waals surface area contributed by atoms with Crippen molar-refractivity contribution in [3.63, 3.8) is 0 Å². The standard InChI is InChI=1S/C3H5F5N2O4S2/c1-2(4,5)15(11,12)9-10-16(13,14)3(6,7)8/h9-10H,1H3. The third-order valence-electron chi connectivity index (χ3n) is 1.09. The van der Waals surface area contributed by atoms with Crippen molar-refractivity contribution >= 4 is 20.0 Å². The van der Waals surface area contributed by atoms with E-state index >= 15 is 0 Å². The highest BCUT2D eigenvalue weighted by molar-refractivity contribution is 7.93. The third kappa shape index (κ3) is 3.50. The number of alkyl halides is 5. The predicted molar refractivity (Wildman–Crippen MR) is 40.8 cm³/mol. The molecule has 98 valence electrons. The van der Waals surface area contributed by atoms with E-state index in [2.05, 4.69) is 0 Å². The molecule has 0 aliphatic rings. The van der Waals surface area contributed by atoms with Crippen molar-refractivity contribution in [3.8, 4) is 0 Å². The fraction of sp³-hybridized carbons (Fsp3) is 1.00. The Morgan fingerprint density at radius 2 is 1.12 bits per heavy atom. The van der Waals surface area contributed by atoms with Crippen LogP contribution in [0, 0.1) is 0 Å². The highest BCUT2D eigenvalue weighted by Gasteiger charge is 2.48. The van der Waals surface area contributed by atoms with Crippen LogP contribution in [0.25, 0.3) is 0 Å². The van der Waals surface area contributed by atoms with Crippen LogP contribution >= 0.6 is 0 Å². The minimum absolute atomic E-state index is 0.142. The van der Waals surface area contributed by atoms with Gasteiger partial charge in [-0.1, -0.05) is 0 Å². The lowest BCUT2D eigenvalue weighted by Gasteiger charge is -2.14. The molecule has 0 saturated carbocycles. The van der Waals surface area contributed by atoms with E-state index in [1.807, 2.05) is 0 Å². The molecule has 2 N–H and O–H groups in total. The normalized spacial score (nSPS) is 15.1. The van der Waals surface area contributed by atoms with Crippen LogP contribution in [-0.2, 0) is 20.0 Å². The molecule has 0 saturated heterocycles. The quantitative estimate of drug-likeness (QED) is 0.558. The maximum atomic E-state index is 12.2. The van der Waals surface area contributed by atoms with Gasteiger partial charge in [0.1, 0.15) is 0 Å². The molecule has 0 amide bonds. The Kier molecular flexibility index (Phi) is 3.91. The van der Waals surface area contributed by atoms with E-state index in [9.17, 15) is 38.8 Å². The van der Waals surface area contributed by atoms with Gasteiger partial charge in [0, 0.05) is 6.92 Å². The number of sulfonamides is 2. The highest BCUT2D eigenvalue weighted by atomic mass is 32.2. The minimum atomic E-state index is -6.06. The van der Waals surface area contributed by atoms with Gasteiger partial charge in [-0.15, -0.1) is 9.66 Å². The van der Waals surface area contributed by atoms with Crippen molar-refractivity contribution < 1.29 is 38.8 Å². The summed E-state index contributed by atoms with van der Waals surface area (Å²) in [5.74, 6) is 0. The number of hydrogen-bond acceptors (Lipinski definition) is 4. The van der Waals surface area contributed by atoms with Gasteiger partial charge in [-0.05, 0) is 0 Å². The van der Waals surface area contributed by atoms with Gasteiger partial charge < -0.3 is 0 Å². The highest BCUT2D eigenvalue weighted by Crippen LogP contribution is 2.22. The molecule has 0 fully saturated rings. The van der Waals surface area contributed by atoms with Crippen molar-refractivity contribution in [2.24, 2.45) is 0 Å². The summed E-state index contributed by atoms with van der Waals surface area (Å²) in [6.45, 7) is -0.142. The van der Waals surface area contributed by atoms with Crippen LogP contribution in [0.15, 0.2) is 0 Å². The second-order valence-electron chi connectivity index (χ2n) is 2.46. The van der Waals surface area contributed by atoms with E-state index in [0.29, 0.717) is 4.83 Å². The molecule has 0 aromatic heterocycles. The second kappa shape index (κ2) is 4.05. The van der Waals surface area contributed by atoms with Gasteiger partial charge >= 0.3 is 20.8 Å². The molecule has 0 spiro atoms. The Bertz CT molecular complexity index is 401. The average Bonchev–Trinajstić information content (AvgIpc) is 1.97. The molecule has 0 aromatic carbocycles. The van der Waals surface area contributed by atoms with Crippen LogP contribution in [0.3, 0.4) is 0 Å². The first-order valence-electron chi connectivity index (χ1n) is 3.18. The Hall–Kier alpha value is -0.530. The summed E-state index contributed by atoms with van der Waals surface area (Å²) >= 11 is 0. The summed E-state index contributed by atoms with van der Waals surface area (Å²) in [6, 6.07) is 0. The summed E-state index contributed by atoms with van der Waals surface area (Å²) in [4.78, 5) is 0.685. The zero-order valence-corrected chi connectivity index (χ0v) is 8.97. The number of halogens is 5. The maximum Gasteiger partial charge on any atom is 0.512 e. The van der Waals surface area contributed by atoms with E-state index in [-0.39, 0.29) is 11.8 Å². The van der Waals surface area contributed by atoms with E-state index < -0.39 is 30.8 Å². The van der Waals surface area contributed by atoms with Crippen LogP contribution in [0.5, 0.6) is 0 Å². The first-order chi connectivity index (χ1) is 6.71. The lowest BCUT2D eigenvalue weighted by Crippen LogP contribution is -2.51.